The van der Waals surface area contributed by atoms with Gasteiger partial charge in [-0.15, -0.1) is 0 Å². The van der Waals surface area contributed by atoms with Gasteiger partial charge in [-0.05, 0) is 37.6 Å². The Kier molecular flexibility index (Phi) is 10.2. The number of aromatic nitrogens is 1. The van der Waals surface area contributed by atoms with Crippen molar-refractivity contribution in [2.24, 2.45) is 5.73 Å². The van der Waals surface area contributed by atoms with Gasteiger partial charge < -0.3 is 15.8 Å². The zero-order valence-corrected chi connectivity index (χ0v) is 16.2. The zero-order chi connectivity index (χ0) is 18.5. The number of thioether (sulfide) groups is 1. The Balaban J connectivity index is 1.57. The summed E-state index contributed by atoms with van der Waals surface area (Å²) in [5.41, 5.74) is 6.34. The second-order valence-corrected chi connectivity index (χ2v) is 7.45. The number of primary amides is 1. The second kappa shape index (κ2) is 12.7. The van der Waals surface area contributed by atoms with E-state index in [4.69, 9.17) is 10.5 Å². The Hall–Kier alpha value is -1.57. The van der Waals surface area contributed by atoms with Crippen molar-refractivity contribution in [1.29, 1.82) is 0 Å². The number of nitrogens with two attached hydrogens (primary N) is 1. The Morgan fingerprint density at radius 3 is 3.00 bits per heavy atom. The number of ether oxygens (including phenoxy) is 1. The minimum atomic E-state index is -0.263. The fraction of sp³-hybridized carbons (Fsp3) is 0.579. The van der Waals surface area contributed by atoms with E-state index in [1.165, 1.54) is 37.9 Å². The molecule has 0 aliphatic carbocycles. The van der Waals surface area contributed by atoms with Crippen LogP contribution in [0.1, 0.15) is 24.8 Å². The lowest BCUT2D eigenvalue weighted by molar-refractivity contribution is -0.115. The summed E-state index contributed by atoms with van der Waals surface area (Å²) in [7, 11) is 0. The van der Waals surface area contributed by atoms with Crippen molar-refractivity contribution in [3.8, 4) is 5.88 Å². The van der Waals surface area contributed by atoms with Crippen LogP contribution in [0.25, 0.3) is 0 Å². The number of nitrogens with one attached hydrogen (secondary N) is 1. The molecular weight excluding hydrogens is 348 g/mol. The Labute approximate surface area is 160 Å². The Morgan fingerprint density at radius 2 is 2.19 bits per heavy atom. The monoisotopic (exact) mass is 378 g/mol. The smallest absolute Gasteiger partial charge is 0.227 e. The van der Waals surface area contributed by atoms with Crippen LogP contribution in [0.5, 0.6) is 5.88 Å². The maximum absolute atomic E-state index is 10.6. The highest BCUT2D eigenvalue weighted by molar-refractivity contribution is 7.99. The quantitative estimate of drug-likeness (QED) is 0.426. The Bertz CT molecular complexity index is 562. The third-order valence-corrected chi connectivity index (χ3v) is 5.06. The van der Waals surface area contributed by atoms with Gasteiger partial charge in [0.05, 0.1) is 5.75 Å². The molecule has 0 atom stereocenters. The number of hydrogen-bond acceptors (Lipinski definition) is 6. The number of likely N-dealkylation sites (tertiary alicyclic amines) is 1. The van der Waals surface area contributed by atoms with E-state index in [1.54, 1.807) is 11.8 Å². The summed E-state index contributed by atoms with van der Waals surface area (Å²) in [5.74, 6) is 1.68. The molecule has 1 saturated heterocycles. The summed E-state index contributed by atoms with van der Waals surface area (Å²) in [4.78, 5) is 17.4. The highest BCUT2D eigenvalue weighted by atomic mass is 32.2. The molecule has 1 fully saturated rings. The maximum Gasteiger partial charge on any atom is 0.227 e. The van der Waals surface area contributed by atoms with Crippen molar-refractivity contribution in [2.75, 3.05) is 44.3 Å². The third kappa shape index (κ3) is 9.22. The van der Waals surface area contributed by atoms with Gasteiger partial charge in [-0.2, -0.15) is 11.8 Å². The summed E-state index contributed by atoms with van der Waals surface area (Å²) in [6, 6.07) is 4.11. The van der Waals surface area contributed by atoms with E-state index in [0.717, 1.165) is 25.4 Å². The topological polar surface area (TPSA) is 80.5 Å². The predicted octanol–water partition coefficient (Wildman–Crippen LogP) is 1.81. The molecule has 1 amide bonds. The summed E-state index contributed by atoms with van der Waals surface area (Å²) < 4.78 is 5.71. The van der Waals surface area contributed by atoms with Gasteiger partial charge in [0.15, 0.2) is 0 Å². The van der Waals surface area contributed by atoms with Crippen LogP contribution in [0.3, 0.4) is 0 Å². The van der Waals surface area contributed by atoms with Gasteiger partial charge in [-0.25, -0.2) is 4.98 Å². The summed E-state index contributed by atoms with van der Waals surface area (Å²) in [5, 5.41) is 3.28. The molecule has 0 unspecified atom stereocenters. The summed E-state index contributed by atoms with van der Waals surface area (Å²) in [6.45, 7) is 5.50. The minimum Gasteiger partial charge on any atom is -0.473 e. The normalized spacial score (nSPS) is 15.4. The summed E-state index contributed by atoms with van der Waals surface area (Å²) >= 11 is 1.54. The largest absolute Gasteiger partial charge is 0.473 e. The molecule has 0 radical (unpaired) electrons. The maximum atomic E-state index is 10.6. The molecule has 0 bridgehead atoms. The first-order chi connectivity index (χ1) is 12.7. The molecule has 144 valence electrons. The second-order valence-electron chi connectivity index (χ2n) is 6.34. The van der Waals surface area contributed by atoms with Gasteiger partial charge >= 0.3 is 0 Å². The molecule has 3 N–H and O–H groups in total. The van der Waals surface area contributed by atoms with Gasteiger partial charge in [0.2, 0.25) is 11.8 Å². The van der Waals surface area contributed by atoms with Crippen molar-refractivity contribution < 1.29 is 9.53 Å². The lowest BCUT2D eigenvalue weighted by atomic mass is 10.1. The van der Waals surface area contributed by atoms with Crippen molar-refractivity contribution in [3.05, 3.63) is 36.0 Å². The van der Waals surface area contributed by atoms with Gasteiger partial charge in [-0.1, -0.05) is 18.6 Å². The average molecular weight is 379 g/mol. The number of rotatable bonds is 12. The molecule has 26 heavy (non-hydrogen) atoms. The Morgan fingerprint density at radius 1 is 1.35 bits per heavy atom. The van der Waals surface area contributed by atoms with Crippen LogP contribution >= 0.6 is 11.8 Å². The van der Waals surface area contributed by atoms with Gasteiger partial charge in [0, 0.05) is 37.7 Å². The molecule has 0 saturated carbocycles. The first-order valence-electron chi connectivity index (χ1n) is 9.26. The zero-order valence-electron chi connectivity index (χ0n) is 15.4. The number of piperidine rings is 1. The van der Waals surface area contributed by atoms with E-state index in [1.807, 2.05) is 24.4 Å². The molecule has 1 aromatic heterocycles. The molecule has 2 heterocycles. The van der Waals surface area contributed by atoms with Gasteiger partial charge in [0.25, 0.3) is 0 Å². The molecule has 1 aromatic rings. The van der Waals surface area contributed by atoms with Crippen LogP contribution in [0.15, 0.2) is 30.5 Å². The summed E-state index contributed by atoms with van der Waals surface area (Å²) in [6.07, 6.45) is 9.81. The fourth-order valence-electron chi connectivity index (χ4n) is 2.79. The van der Waals surface area contributed by atoms with E-state index in [2.05, 4.69) is 21.3 Å². The minimum absolute atomic E-state index is 0.263. The van der Waals surface area contributed by atoms with E-state index in [9.17, 15) is 4.79 Å². The number of carbonyl (C=O) groups is 1. The molecule has 2 rings (SSSR count). The molecule has 0 aromatic carbocycles. The van der Waals surface area contributed by atoms with Crippen molar-refractivity contribution in [2.45, 2.75) is 25.8 Å². The lowest BCUT2D eigenvalue weighted by Gasteiger charge is -2.26. The van der Waals surface area contributed by atoms with Gasteiger partial charge in [-0.3, -0.25) is 9.69 Å². The van der Waals surface area contributed by atoms with Crippen LogP contribution in [0, 0.1) is 0 Å². The van der Waals surface area contributed by atoms with Crippen LogP contribution in [-0.2, 0) is 11.3 Å². The number of pyridine rings is 1. The molecular formula is C19H30N4O2S. The van der Waals surface area contributed by atoms with E-state index in [0.29, 0.717) is 18.2 Å². The van der Waals surface area contributed by atoms with E-state index >= 15 is 0 Å². The molecule has 0 spiro atoms. The molecule has 1 aliphatic rings. The van der Waals surface area contributed by atoms with E-state index < -0.39 is 0 Å². The molecule has 7 heteroatoms. The molecule has 1 aliphatic heterocycles. The predicted molar refractivity (Wildman–Crippen MR) is 107 cm³/mol. The number of hydrogen-bond donors (Lipinski definition) is 2. The third-order valence-electron chi connectivity index (χ3n) is 4.08. The first-order valence-corrected chi connectivity index (χ1v) is 10.4. The van der Waals surface area contributed by atoms with Crippen LogP contribution in [0.4, 0.5) is 0 Å². The first kappa shape index (κ1) is 20.7. The highest BCUT2D eigenvalue weighted by Crippen LogP contribution is 2.15. The number of nitrogens with zero attached hydrogens (tertiary/aromatic N) is 2. The fourth-order valence-corrected chi connectivity index (χ4v) is 3.43. The van der Waals surface area contributed by atoms with Crippen LogP contribution in [0.2, 0.25) is 0 Å². The number of amides is 1. The van der Waals surface area contributed by atoms with E-state index in [-0.39, 0.29) is 5.91 Å². The SMILES string of the molecule is NC(=O)CSCCNC/C=C\COc1cc(CN2CCCCC2)ccn1. The number of carbonyl (C=O) groups excluding carboxylic acids is 1. The average Bonchev–Trinajstić information content (AvgIpc) is 2.64. The highest BCUT2D eigenvalue weighted by Gasteiger charge is 2.10. The van der Waals surface area contributed by atoms with Crippen molar-refractivity contribution in [1.82, 2.24) is 15.2 Å². The van der Waals surface area contributed by atoms with Crippen LogP contribution < -0.4 is 15.8 Å². The van der Waals surface area contributed by atoms with Crippen molar-refractivity contribution >= 4 is 17.7 Å². The van der Waals surface area contributed by atoms with Gasteiger partial charge in [0.1, 0.15) is 6.61 Å². The van der Waals surface area contributed by atoms with Crippen molar-refractivity contribution in [3.63, 3.8) is 0 Å². The molecule has 6 nitrogen and oxygen atoms in total. The lowest BCUT2D eigenvalue weighted by Crippen LogP contribution is -2.29. The standard InChI is InChI=1S/C19H30N4O2S/c20-18(24)16-26-13-9-21-7-2-5-12-25-19-14-17(6-8-22-19)15-23-10-3-1-4-11-23/h2,5-6,8,14,21H,1,3-4,7,9-13,15-16H2,(H2,20,24)/b5-2-. The van der Waals surface area contributed by atoms with Crippen LogP contribution in [-0.4, -0.2) is 60.1 Å².